The Balaban J connectivity index is 2.42. The van der Waals surface area contributed by atoms with Crippen molar-refractivity contribution in [3.8, 4) is 0 Å². The average molecular weight is 369 g/mol. The molecule has 0 bridgehead atoms. The van der Waals surface area contributed by atoms with Gasteiger partial charge in [0.25, 0.3) is 5.91 Å². The number of nitrogens with one attached hydrogen (secondary N) is 1. The van der Waals surface area contributed by atoms with Gasteiger partial charge in [-0.3, -0.25) is 4.79 Å². The van der Waals surface area contributed by atoms with Gasteiger partial charge in [-0.2, -0.15) is 26.3 Å². The third-order valence-electron chi connectivity index (χ3n) is 2.97. The molecule has 0 radical (unpaired) electrons. The van der Waals surface area contributed by atoms with E-state index in [1.54, 1.807) is 5.32 Å². The molecule has 0 aromatic heterocycles. The standard InChI is InChI=1S/C15H7F8NO/c16-10-1-7(2-11(17)6-10)13(25)24-12-4-8(14(18,19)20)3-9(5-12)15(21,22)23/h1-6H,(H,24,25). The van der Waals surface area contributed by atoms with Crippen LogP contribution < -0.4 is 5.32 Å². The van der Waals surface area contributed by atoms with Gasteiger partial charge in [-0.15, -0.1) is 0 Å². The maximum absolute atomic E-state index is 13.1. The van der Waals surface area contributed by atoms with Crippen molar-refractivity contribution in [2.75, 3.05) is 5.32 Å². The monoisotopic (exact) mass is 369 g/mol. The van der Waals surface area contributed by atoms with Crippen molar-refractivity contribution in [2.45, 2.75) is 12.4 Å². The summed E-state index contributed by atoms with van der Waals surface area (Å²) in [7, 11) is 0. The van der Waals surface area contributed by atoms with E-state index in [4.69, 9.17) is 0 Å². The van der Waals surface area contributed by atoms with Crippen LogP contribution in [0.2, 0.25) is 0 Å². The minimum absolute atomic E-state index is 0.114. The minimum Gasteiger partial charge on any atom is -0.322 e. The van der Waals surface area contributed by atoms with Crippen LogP contribution in [0.4, 0.5) is 40.8 Å². The highest BCUT2D eigenvalue weighted by molar-refractivity contribution is 6.04. The van der Waals surface area contributed by atoms with Gasteiger partial charge in [0, 0.05) is 17.3 Å². The van der Waals surface area contributed by atoms with Crippen LogP contribution in [0.15, 0.2) is 36.4 Å². The van der Waals surface area contributed by atoms with Crippen molar-refractivity contribution < 1.29 is 39.9 Å². The Morgan fingerprint density at radius 2 is 1.16 bits per heavy atom. The number of benzene rings is 2. The maximum Gasteiger partial charge on any atom is 0.416 e. The highest BCUT2D eigenvalue weighted by Crippen LogP contribution is 2.37. The zero-order valence-corrected chi connectivity index (χ0v) is 11.9. The highest BCUT2D eigenvalue weighted by Gasteiger charge is 2.37. The Bertz CT molecular complexity index is 758. The van der Waals surface area contributed by atoms with Crippen LogP contribution in [-0.4, -0.2) is 5.91 Å². The second-order valence-electron chi connectivity index (χ2n) is 4.91. The van der Waals surface area contributed by atoms with Crippen LogP contribution in [0, 0.1) is 11.6 Å². The van der Waals surface area contributed by atoms with Gasteiger partial charge in [0.05, 0.1) is 11.1 Å². The van der Waals surface area contributed by atoms with Crippen LogP contribution in [0.25, 0.3) is 0 Å². The Hall–Kier alpha value is -2.65. The Morgan fingerprint density at radius 1 is 0.720 bits per heavy atom. The molecule has 0 atom stereocenters. The van der Waals surface area contributed by atoms with Gasteiger partial charge >= 0.3 is 12.4 Å². The summed E-state index contributed by atoms with van der Waals surface area (Å²) >= 11 is 0. The molecule has 2 aromatic rings. The molecule has 0 unspecified atom stereocenters. The minimum atomic E-state index is -5.09. The topological polar surface area (TPSA) is 29.1 Å². The molecule has 0 aliphatic rings. The number of carbonyl (C=O) groups is 1. The second-order valence-corrected chi connectivity index (χ2v) is 4.91. The lowest BCUT2D eigenvalue weighted by atomic mass is 10.1. The molecule has 10 heteroatoms. The second kappa shape index (κ2) is 6.34. The number of anilines is 1. The zero-order valence-electron chi connectivity index (χ0n) is 11.9. The molecular formula is C15H7F8NO. The first-order valence-electron chi connectivity index (χ1n) is 6.43. The van der Waals surface area contributed by atoms with E-state index in [-0.39, 0.29) is 18.2 Å². The van der Waals surface area contributed by atoms with Gasteiger partial charge < -0.3 is 5.32 Å². The lowest BCUT2D eigenvalue weighted by Gasteiger charge is -2.14. The van der Waals surface area contributed by atoms with Crippen molar-refractivity contribution in [3.63, 3.8) is 0 Å². The van der Waals surface area contributed by atoms with Crippen molar-refractivity contribution in [3.05, 3.63) is 64.7 Å². The normalized spacial score (nSPS) is 12.2. The van der Waals surface area contributed by atoms with E-state index < -0.39 is 52.3 Å². The molecule has 0 fully saturated rings. The number of halogens is 8. The molecule has 1 N–H and O–H groups in total. The van der Waals surface area contributed by atoms with E-state index in [0.29, 0.717) is 18.2 Å². The van der Waals surface area contributed by atoms with E-state index in [2.05, 4.69) is 0 Å². The molecule has 2 nitrogen and oxygen atoms in total. The van der Waals surface area contributed by atoms with E-state index in [1.165, 1.54) is 0 Å². The molecule has 0 heterocycles. The summed E-state index contributed by atoms with van der Waals surface area (Å²) in [6.45, 7) is 0. The smallest absolute Gasteiger partial charge is 0.322 e. The molecule has 2 aromatic carbocycles. The lowest BCUT2D eigenvalue weighted by molar-refractivity contribution is -0.143. The fourth-order valence-corrected chi connectivity index (χ4v) is 1.92. The van der Waals surface area contributed by atoms with Crippen LogP contribution in [0.1, 0.15) is 21.5 Å². The van der Waals surface area contributed by atoms with Gasteiger partial charge in [0.1, 0.15) is 11.6 Å². The summed E-state index contributed by atoms with van der Waals surface area (Å²) < 4.78 is 102. The molecule has 0 spiro atoms. The SMILES string of the molecule is O=C(Nc1cc(C(F)(F)F)cc(C(F)(F)F)c1)c1cc(F)cc(F)c1. The first-order valence-corrected chi connectivity index (χ1v) is 6.43. The summed E-state index contributed by atoms with van der Waals surface area (Å²) in [5, 5.41) is 1.77. The fraction of sp³-hybridized carbons (Fsp3) is 0.133. The van der Waals surface area contributed by atoms with Gasteiger partial charge in [0.15, 0.2) is 0 Å². The van der Waals surface area contributed by atoms with Gasteiger partial charge in [0.2, 0.25) is 0 Å². The highest BCUT2D eigenvalue weighted by atomic mass is 19.4. The van der Waals surface area contributed by atoms with E-state index in [0.717, 1.165) is 0 Å². The number of amides is 1. The predicted octanol–water partition coefficient (Wildman–Crippen LogP) is 5.25. The Labute approximate surface area is 135 Å². The number of hydrogen-bond acceptors (Lipinski definition) is 1. The maximum atomic E-state index is 13.1. The lowest BCUT2D eigenvalue weighted by Crippen LogP contribution is -2.16. The summed E-state index contributed by atoms with van der Waals surface area (Å²) in [5.41, 5.74) is -4.70. The van der Waals surface area contributed by atoms with Gasteiger partial charge in [-0.05, 0) is 30.3 Å². The molecule has 0 saturated carbocycles. The number of carbonyl (C=O) groups excluding carboxylic acids is 1. The van der Waals surface area contributed by atoms with Gasteiger partial charge in [-0.1, -0.05) is 0 Å². The molecule has 2 rings (SSSR count). The fourth-order valence-electron chi connectivity index (χ4n) is 1.92. The molecule has 0 aliphatic heterocycles. The first-order chi connectivity index (χ1) is 11.4. The molecule has 1 amide bonds. The largest absolute Gasteiger partial charge is 0.416 e. The van der Waals surface area contributed by atoms with Crippen LogP contribution >= 0.6 is 0 Å². The summed E-state index contributed by atoms with van der Waals surface area (Å²) in [6.07, 6.45) is -10.2. The third-order valence-corrected chi connectivity index (χ3v) is 2.97. The zero-order chi connectivity index (χ0) is 19.0. The third kappa shape index (κ3) is 4.68. The quantitative estimate of drug-likeness (QED) is 0.720. The van der Waals surface area contributed by atoms with Crippen LogP contribution in [-0.2, 0) is 12.4 Å². The number of rotatable bonds is 2. The Morgan fingerprint density at radius 3 is 1.56 bits per heavy atom. The number of hydrogen-bond donors (Lipinski definition) is 1. The summed E-state index contributed by atoms with van der Waals surface area (Å²) in [6, 6.07) is 2.05. The average Bonchev–Trinajstić information content (AvgIpc) is 2.44. The molecule has 0 saturated heterocycles. The van der Waals surface area contributed by atoms with Crippen molar-refractivity contribution in [2.24, 2.45) is 0 Å². The van der Waals surface area contributed by atoms with Crippen molar-refractivity contribution in [1.82, 2.24) is 0 Å². The van der Waals surface area contributed by atoms with Crippen LogP contribution in [0.3, 0.4) is 0 Å². The molecule has 25 heavy (non-hydrogen) atoms. The van der Waals surface area contributed by atoms with E-state index in [1.807, 2.05) is 0 Å². The Kier molecular flexibility index (Phi) is 4.74. The molecule has 0 aliphatic carbocycles. The van der Waals surface area contributed by atoms with E-state index >= 15 is 0 Å². The summed E-state index contributed by atoms with van der Waals surface area (Å²) in [4.78, 5) is 11.8. The van der Waals surface area contributed by atoms with Crippen LogP contribution in [0.5, 0.6) is 0 Å². The summed E-state index contributed by atoms with van der Waals surface area (Å²) in [5.74, 6) is -3.54. The van der Waals surface area contributed by atoms with Gasteiger partial charge in [-0.25, -0.2) is 8.78 Å². The number of alkyl halides is 6. The molecular weight excluding hydrogens is 362 g/mol. The van der Waals surface area contributed by atoms with Crippen molar-refractivity contribution >= 4 is 11.6 Å². The van der Waals surface area contributed by atoms with Crippen molar-refractivity contribution in [1.29, 1.82) is 0 Å². The first kappa shape index (κ1) is 18.7. The van der Waals surface area contributed by atoms with E-state index in [9.17, 15) is 39.9 Å². The molecule has 134 valence electrons. The predicted molar refractivity (Wildman–Crippen MR) is 70.8 cm³/mol.